The number of hydrogen-bond acceptors (Lipinski definition) is 3. The number of anilines is 1. The van der Waals surface area contributed by atoms with Crippen LogP contribution in [-0.4, -0.2) is 42.0 Å². The number of hydrogen-bond donors (Lipinski definition) is 0. The average Bonchev–Trinajstić information content (AvgIpc) is 2.75. The second kappa shape index (κ2) is 8.66. The van der Waals surface area contributed by atoms with Crippen molar-refractivity contribution in [3.63, 3.8) is 0 Å². The summed E-state index contributed by atoms with van der Waals surface area (Å²) in [4.78, 5) is 22.0. The molecule has 4 nitrogen and oxygen atoms in total. The van der Waals surface area contributed by atoms with Crippen molar-refractivity contribution in [1.82, 2.24) is 9.88 Å². The number of benzene rings is 2. The van der Waals surface area contributed by atoms with Crippen LogP contribution in [0, 0.1) is 13.3 Å². The molecule has 29 heavy (non-hydrogen) atoms. The van der Waals surface area contributed by atoms with E-state index in [9.17, 15) is 4.79 Å². The van der Waals surface area contributed by atoms with E-state index in [1.807, 2.05) is 72.8 Å². The fraction of sp³-hybridized carbons (Fsp3) is 0.208. The van der Waals surface area contributed by atoms with Crippen LogP contribution < -0.4 is 4.90 Å². The van der Waals surface area contributed by atoms with Crippen molar-refractivity contribution < 1.29 is 4.79 Å². The van der Waals surface area contributed by atoms with Gasteiger partial charge < -0.3 is 9.80 Å². The zero-order valence-corrected chi connectivity index (χ0v) is 17.1. The Hall–Kier alpha value is -2.85. The van der Waals surface area contributed by atoms with Crippen LogP contribution in [0.2, 0.25) is 5.02 Å². The second-order valence-electron chi connectivity index (χ2n) is 7.22. The van der Waals surface area contributed by atoms with Gasteiger partial charge in [0, 0.05) is 49.0 Å². The van der Waals surface area contributed by atoms with Gasteiger partial charge in [0.05, 0.1) is 0 Å². The molecule has 2 heterocycles. The second-order valence-corrected chi connectivity index (χ2v) is 7.65. The van der Waals surface area contributed by atoms with Gasteiger partial charge in [0.2, 0.25) is 0 Å². The summed E-state index contributed by atoms with van der Waals surface area (Å²) in [6.45, 7) is 4.96. The van der Waals surface area contributed by atoms with Crippen LogP contribution in [0.1, 0.15) is 27.3 Å². The van der Waals surface area contributed by atoms with Gasteiger partial charge in [0.25, 0.3) is 5.91 Å². The van der Waals surface area contributed by atoms with Crippen LogP contribution in [0.3, 0.4) is 0 Å². The predicted molar refractivity (Wildman–Crippen MR) is 117 cm³/mol. The highest BCUT2D eigenvalue weighted by molar-refractivity contribution is 6.30. The highest BCUT2D eigenvalue weighted by atomic mass is 35.5. The van der Waals surface area contributed by atoms with Gasteiger partial charge >= 0.3 is 0 Å². The number of para-hydroxylation sites is 1. The average molecular weight is 405 g/mol. The highest BCUT2D eigenvalue weighted by Gasteiger charge is 2.24. The molecule has 1 fully saturated rings. The minimum absolute atomic E-state index is 0.00319. The molecule has 1 aliphatic heterocycles. The maximum atomic E-state index is 13.1. The summed E-state index contributed by atoms with van der Waals surface area (Å²) >= 11 is 6.07. The summed E-state index contributed by atoms with van der Waals surface area (Å²) in [5.74, 6) is -0.00319. The molecule has 0 unspecified atom stereocenters. The van der Waals surface area contributed by atoms with Crippen LogP contribution >= 0.6 is 11.6 Å². The number of pyridine rings is 1. The van der Waals surface area contributed by atoms with E-state index in [0.717, 1.165) is 29.9 Å². The number of halogens is 1. The predicted octanol–water partition coefficient (Wildman–Crippen LogP) is 4.61. The van der Waals surface area contributed by atoms with Crippen LogP contribution in [-0.2, 0) is 0 Å². The quantitative estimate of drug-likeness (QED) is 0.637. The molecule has 3 aromatic rings. The smallest absolute Gasteiger partial charge is 0.272 e. The normalized spacial score (nSPS) is 14.1. The first-order chi connectivity index (χ1) is 14.1. The summed E-state index contributed by atoms with van der Waals surface area (Å²) < 4.78 is 0. The number of rotatable bonds is 4. The summed E-state index contributed by atoms with van der Waals surface area (Å²) in [6, 6.07) is 21.8. The highest BCUT2D eigenvalue weighted by Crippen LogP contribution is 2.19. The zero-order valence-electron chi connectivity index (χ0n) is 16.4. The van der Waals surface area contributed by atoms with Crippen molar-refractivity contribution in [2.24, 2.45) is 0 Å². The van der Waals surface area contributed by atoms with Gasteiger partial charge in [-0.1, -0.05) is 48.0 Å². The maximum Gasteiger partial charge on any atom is 0.272 e. The van der Waals surface area contributed by atoms with Crippen molar-refractivity contribution >= 4 is 23.2 Å². The lowest BCUT2D eigenvalue weighted by Gasteiger charge is -2.36. The number of aromatic nitrogens is 1. The van der Waals surface area contributed by atoms with Gasteiger partial charge in [-0.2, -0.15) is 0 Å². The Kier molecular flexibility index (Phi) is 5.81. The molecule has 1 saturated heterocycles. The number of carbonyl (C=O) groups excluding carboxylic acids is 1. The van der Waals surface area contributed by atoms with E-state index < -0.39 is 0 Å². The number of aryl methyl sites for hydroxylation is 1. The first-order valence-electron chi connectivity index (χ1n) is 9.77. The van der Waals surface area contributed by atoms with E-state index in [4.69, 9.17) is 11.6 Å². The summed E-state index contributed by atoms with van der Waals surface area (Å²) in [7, 11) is 0. The molecule has 0 N–H and O–H groups in total. The summed E-state index contributed by atoms with van der Waals surface area (Å²) in [5.41, 5.74) is 4.33. The Morgan fingerprint density at radius 1 is 0.966 bits per heavy atom. The molecule has 0 aliphatic carbocycles. The third kappa shape index (κ3) is 4.60. The lowest BCUT2D eigenvalue weighted by molar-refractivity contribution is 0.0740. The number of piperazine rings is 1. The van der Waals surface area contributed by atoms with Crippen molar-refractivity contribution in [3.05, 3.63) is 101 Å². The molecule has 0 saturated carbocycles. The maximum absolute atomic E-state index is 13.1. The molecule has 0 atom stereocenters. The van der Waals surface area contributed by atoms with Crippen molar-refractivity contribution in [1.29, 1.82) is 0 Å². The monoisotopic (exact) mass is 404 g/mol. The van der Waals surface area contributed by atoms with Crippen molar-refractivity contribution in [3.8, 4) is 0 Å². The number of amides is 1. The fourth-order valence-corrected chi connectivity index (χ4v) is 3.76. The molecule has 147 valence electrons. The minimum atomic E-state index is -0.00319. The zero-order chi connectivity index (χ0) is 20.2. The van der Waals surface area contributed by atoms with Gasteiger partial charge in [0.15, 0.2) is 0 Å². The SMILES string of the molecule is Cc1ccc([CH]c2cccc(Cl)c2)nc1C(=O)N1CCN(c2ccccc2)CC1. The molecule has 5 heteroatoms. The van der Waals surface area contributed by atoms with Gasteiger partial charge in [-0.3, -0.25) is 4.79 Å². The Morgan fingerprint density at radius 2 is 1.72 bits per heavy atom. The summed E-state index contributed by atoms with van der Waals surface area (Å²) in [5, 5.41) is 0.679. The molecular formula is C24H23ClN3O. The van der Waals surface area contributed by atoms with Gasteiger partial charge in [-0.15, -0.1) is 0 Å². The van der Waals surface area contributed by atoms with Crippen LogP contribution in [0.15, 0.2) is 66.7 Å². The molecule has 4 rings (SSSR count). The first-order valence-corrected chi connectivity index (χ1v) is 10.2. The van der Waals surface area contributed by atoms with E-state index in [1.54, 1.807) is 0 Å². The summed E-state index contributed by atoms with van der Waals surface area (Å²) in [6.07, 6.45) is 1.94. The van der Waals surface area contributed by atoms with Crippen LogP contribution in [0.4, 0.5) is 5.69 Å². The molecule has 0 spiro atoms. The molecule has 2 aromatic carbocycles. The molecule has 1 radical (unpaired) electrons. The van der Waals surface area contributed by atoms with E-state index in [1.165, 1.54) is 5.69 Å². The lowest BCUT2D eigenvalue weighted by atomic mass is 10.1. The van der Waals surface area contributed by atoms with Gasteiger partial charge in [-0.25, -0.2) is 4.98 Å². The Bertz CT molecular complexity index is 998. The van der Waals surface area contributed by atoms with Gasteiger partial charge in [0.1, 0.15) is 5.69 Å². The Morgan fingerprint density at radius 3 is 2.45 bits per heavy atom. The topological polar surface area (TPSA) is 36.4 Å². The van der Waals surface area contributed by atoms with Gasteiger partial charge in [-0.05, 0) is 48.4 Å². The molecular weight excluding hydrogens is 382 g/mol. The third-order valence-corrected chi connectivity index (χ3v) is 5.41. The van der Waals surface area contributed by atoms with Crippen molar-refractivity contribution in [2.75, 3.05) is 31.1 Å². The largest absolute Gasteiger partial charge is 0.368 e. The van der Waals surface area contributed by atoms with Crippen LogP contribution in [0.25, 0.3) is 0 Å². The molecule has 0 bridgehead atoms. The minimum Gasteiger partial charge on any atom is -0.368 e. The molecule has 1 aromatic heterocycles. The Balaban J connectivity index is 1.46. The number of carbonyl (C=O) groups is 1. The molecule has 1 aliphatic rings. The molecule has 1 amide bonds. The Labute approximate surface area is 176 Å². The van der Waals surface area contributed by atoms with E-state index >= 15 is 0 Å². The number of nitrogens with zero attached hydrogens (tertiary/aromatic N) is 3. The van der Waals surface area contributed by atoms with Crippen LogP contribution in [0.5, 0.6) is 0 Å². The standard InChI is InChI=1S/C24H23ClN3O/c1-18-10-11-21(17-19-6-5-7-20(25)16-19)26-23(18)24(29)28-14-12-27(13-15-28)22-8-3-2-4-9-22/h2-11,16-17H,12-15H2,1H3. The van der Waals surface area contributed by atoms with E-state index in [2.05, 4.69) is 22.0 Å². The fourth-order valence-electron chi connectivity index (χ4n) is 3.56. The van der Waals surface area contributed by atoms with E-state index in [0.29, 0.717) is 23.8 Å². The first kappa shape index (κ1) is 19.5. The lowest BCUT2D eigenvalue weighted by Crippen LogP contribution is -2.49. The third-order valence-electron chi connectivity index (χ3n) is 5.17. The van der Waals surface area contributed by atoms with Crippen molar-refractivity contribution in [2.45, 2.75) is 6.92 Å². The van der Waals surface area contributed by atoms with E-state index in [-0.39, 0.29) is 5.91 Å².